The van der Waals surface area contributed by atoms with Crippen molar-refractivity contribution in [2.45, 2.75) is 51.6 Å². The van der Waals surface area contributed by atoms with E-state index in [9.17, 15) is 36.2 Å². The molecule has 3 aromatic rings. The van der Waals surface area contributed by atoms with Gasteiger partial charge in [-0.2, -0.15) is 26.3 Å². The maximum absolute atomic E-state index is 13.7. The van der Waals surface area contributed by atoms with Gasteiger partial charge in [-0.05, 0) is 77.6 Å². The molecule has 1 N–H and O–H groups in total. The highest BCUT2D eigenvalue weighted by Gasteiger charge is 2.34. The van der Waals surface area contributed by atoms with Crippen LogP contribution in [0.4, 0.5) is 31.1 Å². The fraction of sp³-hybridized carbons (Fsp3) is 0.321. The van der Waals surface area contributed by atoms with Crippen LogP contribution in [0.3, 0.4) is 0 Å². The molecule has 4 nitrogen and oxygen atoms in total. The maximum Gasteiger partial charge on any atom is 0.416 e. The molecule has 0 aliphatic rings. The lowest BCUT2D eigenvalue weighted by molar-refractivity contribution is -0.138. The second kappa shape index (κ2) is 11.4. The minimum absolute atomic E-state index is 0.00417. The van der Waals surface area contributed by atoms with Gasteiger partial charge in [0.05, 0.1) is 24.3 Å². The Kier molecular flexibility index (Phi) is 8.79. The number of alkyl halides is 6. The summed E-state index contributed by atoms with van der Waals surface area (Å²) in [5.41, 5.74) is -0.521. The Morgan fingerprint density at radius 1 is 0.897 bits per heavy atom. The van der Waals surface area contributed by atoms with Gasteiger partial charge in [0.25, 0.3) is 0 Å². The second-order valence-electron chi connectivity index (χ2n) is 9.35. The molecule has 3 aromatic carbocycles. The Bertz CT molecular complexity index is 1350. The number of hydrogen-bond acceptors (Lipinski definition) is 2. The number of rotatable bonds is 7. The summed E-state index contributed by atoms with van der Waals surface area (Å²) in [6, 6.07) is 9.70. The lowest BCUT2D eigenvalue weighted by Crippen LogP contribution is -2.32. The number of carboxylic acid groups (broad SMARTS) is 1. The van der Waals surface area contributed by atoms with Crippen molar-refractivity contribution >= 4 is 17.7 Å². The van der Waals surface area contributed by atoms with Crippen LogP contribution in [0.1, 0.15) is 60.5 Å². The van der Waals surface area contributed by atoms with E-state index in [1.54, 1.807) is 12.1 Å². The topological polar surface area (TPSA) is 49.8 Å². The monoisotopic (exact) mass is 573 g/mol. The fourth-order valence-corrected chi connectivity index (χ4v) is 4.52. The van der Waals surface area contributed by atoms with E-state index < -0.39 is 42.2 Å². The first-order valence-electron chi connectivity index (χ1n) is 11.8. The van der Waals surface area contributed by atoms with E-state index in [4.69, 9.17) is 16.3 Å². The van der Waals surface area contributed by atoms with E-state index in [0.717, 1.165) is 28.7 Å². The highest BCUT2D eigenvalue weighted by molar-refractivity contribution is 6.30. The molecule has 11 heteroatoms. The van der Waals surface area contributed by atoms with Crippen LogP contribution < -0.4 is 4.74 Å². The van der Waals surface area contributed by atoms with Crippen molar-refractivity contribution < 1.29 is 41.0 Å². The van der Waals surface area contributed by atoms with Crippen LogP contribution in [0.15, 0.2) is 54.6 Å². The minimum atomic E-state index is -4.73. The van der Waals surface area contributed by atoms with Crippen molar-refractivity contribution in [3.63, 3.8) is 0 Å². The fourth-order valence-electron chi connectivity index (χ4n) is 4.27. The molecule has 0 bridgehead atoms. The first-order chi connectivity index (χ1) is 18.0. The molecule has 0 fully saturated rings. The molecule has 210 valence electrons. The summed E-state index contributed by atoms with van der Waals surface area (Å²) >= 11 is 5.86. The summed E-state index contributed by atoms with van der Waals surface area (Å²) in [4.78, 5) is 13.1. The Morgan fingerprint density at radius 3 is 2.08 bits per heavy atom. The Hall–Kier alpha value is -3.40. The van der Waals surface area contributed by atoms with Gasteiger partial charge >= 0.3 is 18.4 Å². The van der Waals surface area contributed by atoms with Crippen LogP contribution in [-0.2, 0) is 18.9 Å². The molecule has 1 unspecified atom stereocenters. The molecule has 3 rings (SSSR count). The van der Waals surface area contributed by atoms with Gasteiger partial charge in [-0.1, -0.05) is 37.6 Å². The molecule has 0 aliphatic heterocycles. The van der Waals surface area contributed by atoms with Gasteiger partial charge < -0.3 is 9.84 Å². The summed E-state index contributed by atoms with van der Waals surface area (Å²) in [6.45, 7) is 4.70. The van der Waals surface area contributed by atoms with E-state index in [2.05, 4.69) is 0 Å². The van der Waals surface area contributed by atoms with Gasteiger partial charge in [-0.25, -0.2) is 4.79 Å². The van der Waals surface area contributed by atoms with Crippen LogP contribution in [0.5, 0.6) is 5.75 Å². The highest BCUT2D eigenvalue weighted by Crippen LogP contribution is 2.42. The lowest BCUT2D eigenvalue weighted by Gasteiger charge is -2.30. The van der Waals surface area contributed by atoms with E-state index in [-0.39, 0.29) is 22.1 Å². The Morgan fingerprint density at radius 2 is 1.54 bits per heavy atom. The van der Waals surface area contributed by atoms with Crippen molar-refractivity contribution in [2.24, 2.45) is 0 Å². The van der Waals surface area contributed by atoms with E-state index in [1.807, 2.05) is 19.9 Å². The molecule has 0 saturated carbocycles. The van der Waals surface area contributed by atoms with Crippen molar-refractivity contribution in [1.82, 2.24) is 4.90 Å². The highest BCUT2D eigenvalue weighted by atomic mass is 35.5. The van der Waals surface area contributed by atoms with Gasteiger partial charge in [0.2, 0.25) is 0 Å². The third-order valence-electron chi connectivity index (χ3n) is 6.36. The molecule has 0 aromatic heterocycles. The third-order valence-corrected chi connectivity index (χ3v) is 6.58. The zero-order chi connectivity index (χ0) is 29.3. The standard InChI is InChI=1S/C28H26ClF6NO3/c1-15(2)18-5-8-25(39-4)24(11-18)22-7-6-19(27(30,31)32)13-23(22)16(3)36(26(37)38)14-17-9-20(28(33,34)35)12-21(29)10-17/h5-13,15-16H,14H2,1-4H3,(H,37,38). The first-order valence-corrected chi connectivity index (χ1v) is 12.2. The van der Waals surface area contributed by atoms with Gasteiger partial charge in [-0.15, -0.1) is 0 Å². The van der Waals surface area contributed by atoms with E-state index in [0.29, 0.717) is 22.9 Å². The summed E-state index contributed by atoms with van der Waals surface area (Å²) in [6.07, 6.45) is -11.0. The Labute approximate surface area is 226 Å². The van der Waals surface area contributed by atoms with Gasteiger partial charge in [0.1, 0.15) is 5.75 Å². The minimum Gasteiger partial charge on any atom is -0.496 e. The smallest absolute Gasteiger partial charge is 0.416 e. The molecule has 0 radical (unpaired) electrons. The number of hydrogen-bond donors (Lipinski definition) is 1. The summed E-state index contributed by atoms with van der Waals surface area (Å²) in [5, 5.41) is 9.74. The predicted octanol–water partition coefficient (Wildman–Crippen LogP) is 9.42. The molecule has 0 spiro atoms. The van der Waals surface area contributed by atoms with Gasteiger partial charge in [0.15, 0.2) is 0 Å². The molecular weight excluding hydrogens is 548 g/mol. The molecule has 1 atom stereocenters. The van der Waals surface area contributed by atoms with Crippen molar-refractivity contribution in [3.05, 3.63) is 87.4 Å². The van der Waals surface area contributed by atoms with Crippen molar-refractivity contribution in [3.8, 4) is 16.9 Å². The lowest BCUT2D eigenvalue weighted by atomic mass is 9.90. The average molecular weight is 574 g/mol. The molecule has 0 aliphatic carbocycles. The van der Waals surface area contributed by atoms with E-state index >= 15 is 0 Å². The zero-order valence-corrected chi connectivity index (χ0v) is 22.2. The SMILES string of the molecule is COc1ccc(C(C)C)cc1-c1ccc(C(F)(F)F)cc1C(C)N(Cc1cc(Cl)cc(C(F)(F)F)c1)C(=O)O. The first kappa shape index (κ1) is 30.1. The predicted molar refractivity (Wildman–Crippen MR) is 136 cm³/mol. The summed E-state index contributed by atoms with van der Waals surface area (Å²) in [7, 11) is 1.40. The number of methoxy groups -OCH3 is 1. The molecule has 0 saturated heterocycles. The molecule has 1 amide bonds. The molecule has 0 heterocycles. The van der Waals surface area contributed by atoms with Gasteiger partial charge in [-0.3, -0.25) is 4.90 Å². The Balaban J connectivity index is 2.20. The van der Waals surface area contributed by atoms with Gasteiger partial charge in [0, 0.05) is 17.1 Å². The van der Waals surface area contributed by atoms with Crippen LogP contribution >= 0.6 is 11.6 Å². The van der Waals surface area contributed by atoms with Crippen LogP contribution in [0.2, 0.25) is 5.02 Å². The van der Waals surface area contributed by atoms with Crippen LogP contribution in [0, 0.1) is 0 Å². The number of amides is 1. The van der Waals surface area contributed by atoms with Crippen LogP contribution in [-0.4, -0.2) is 23.2 Å². The second-order valence-corrected chi connectivity index (χ2v) is 9.78. The van der Waals surface area contributed by atoms with Crippen molar-refractivity contribution in [1.29, 1.82) is 0 Å². The zero-order valence-electron chi connectivity index (χ0n) is 21.4. The van der Waals surface area contributed by atoms with Crippen molar-refractivity contribution in [2.75, 3.05) is 7.11 Å². The third kappa shape index (κ3) is 6.98. The number of carbonyl (C=O) groups is 1. The molecular formula is C28H26ClF6NO3. The number of halogens is 7. The largest absolute Gasteiger partial charge is 0.496 e. The van der Waals surface area contributed by atoms with E-state index in [1.165, 1.54) is 26.2 Å². The summed E-state index contributed by atoms with van der Waals surface area (Å²) < 4.78 is 86.5. The number of ether oxygens (including phenoxy) is 1. The number of benzene rings is 3. The molecule has 39 heavy (non-hydrogen) atoms. The quantitative estimate of drug-likeness (QED) is 0.286. The normalized spacial score (nSPS) is 12.9. The summed E-state index contributed by atoms with van der Waals surface area (Å²) in [5.74, 6) is 0.435. The average Bonchev–Trinajstić information content (AvgIpc) is 2.84. The van der Waals surface area contributed by atoms with Crippen LogP contribution in [0.25, 0.3) is 11.1 Å². The maximum atomic E-state index is 13.7. The number of nitrogens with zero attached hydrogens (tertiary/aromatic N) is 1.